The third kappa shape index (κ3) is 3.89. The van der Waals surface area contributed by atoms with E-state index in [1.54, 1.807) is 13.8 Å². The number of sulfonamides is 1. The molecule has 0 bridgehead atoms. The molecule has 1 aromatic heterocycles. The Morgan fingerprint density at radius 3 is 2.54 bits per heavy atom. The van der Waals surface area contributed by atoms with E-state index >= 15 is 0 Å². The van der Waals surface area contributed by atoms with Gasteiger partial charge in [-0.05, 0) is 32.0 Å². The number of aromatic nitrogens is 1. The molecule has 2 N–H and O–H groups in total. The predicted octanol–water partition coefficient (Wildman–Crippen LogP) is 2.11. The topological polar surface area (TPSA) is 104 Å². The fourth-order valence-electron chi connectivity index (χ4n) is 2.22. The van der Waals surface area contributed by atoms with Crippen LogP contribution in [0.15, 0.2) is 29.3 Å². The number of benzene rings is 1. The molecule has 2 rings (SSSR count). The van der Waals surface area contributed by atoms with Crippen molar-refractivity contribution in [3.05, 3.63) is 47.3 Å². The summed E-state index contributed by atoms with van der Waals surface area (Å²) in [7, 11) is -2.36. The van der Waals surface area contributed by atoms with Gasteiger partial charge in [-0.3, -0.25) is 4.79 Å². The Morgan fingerprint density at radius 1 is 1.31 bits per heavy atom. The first kappa shape index (κ1) is 19.6. The van der Waals surface area contributed by atoms with Crippen molar-refractivity contribution in [2.24, 2.45) is 7.05 Å². The lowest BCUT2D eigenvalue weighted by Gasteiger charge is -2.08. The van der Waals surface area contributed by atoms with Gasteiger partial charge >= 0.3 is 0 Å². The van der Waals surface area contributed by atoms with Crippen molar-refractivity contribution in [2.45, 2.75) is 24.8 Å². The van der Waals surface area contributed by atoms with Crippen LogP contribution < -0.4 is 10.0 Å². The van der Waals surface area contributed by atoms with Gasteiger partial charge in [0, 0.05) is 19.3 Å². The molecule has 10 heteroatoms. The maximum atomic E-state index is 14.1. The molecule has 0 unspecified atom stereocenters. The minimum Gasteiger partial charge on any atom is -0.345 e. The van der Waals surface area contributed by atoms with E-state index in [4.69, 9.17) is 5.26 Å². The van der Waals surface area contributed by atoms with Crippen LogP contribution in [0.25, 0.3) is 0 Å². The molecule has 7 nitrogen and oxygen atoms in total. The van der Waals surface area contributed by atoms with Crippen molar-refractivity contribution in [3.8, 4) is 6.07 Å². The average molecular weight is 382 g/mol. The smallest absolute Gasteiger partial charge is 0.272 e. The van der Waals surface area contributed by atoms with Crippen LogP contribution in [0.4, 0.5) is 14.5 Å². The van der Waals surface area contributed by atoms with E-state index < -0.39 is 33.1 Å². The van der Waals surface area contributed by atoms with E-state index in [-0.39, 0.29) is 22.3 Å². The highest BCUT2D eigenvalue weighted by Crippen LogP contribution is 2.22. The zero-order chi connectivity index (χ0) is 19.6. The minimum absolute atomic E-state index is 0.0589. The molecule has 0 aliphatic rings. The van der Waals surface area contributed by atoms with Crippen LogP contribution in [0, 0.1) is 23.0 Å². The lowest BCUT2D eigenvalue weighted by molar-refractivity contribution is 0.101. The van der Waals surface area contributed by atoms with E-state index in [1.165, 1.54) is 23.9 Å². The zero-order valence-corrected chi connectivity index (χ0v) is 15.0. The molecule has 0 atom stereocenters. The second-order valence-electron chi connectivity index (χ2n) is 5.80. The van der Waals surface area contributed by atoms with Gasteiger partial charge < -0.3 is 9.88 Å². The third-order valence-electron chi connectivity index (χ3n) is 3.36. The van der Waals surface area contributed by atoms with Gasteiger partial charge in [-0.1, -0.05) is 0 Å². The van der Waals surface area contributed by atoms with Crippen LogP contribution in [-0.4, -0.2) is 24.9 Å². The summed E-state index contributed by atoms with van der Waals surface area (Å²) in [6, 6.07) is 4.00. The fraction of sp³-hybridized carbons (Fsp3) is 0.250. The molecule has 0 aliphatic heterocycles. The Labute approximate surface area is 149 Å². The predicted molar refractivity (Wildman–Crippen MR) is 89.9 cm³/mol. The van der Waals surface area contributed by atoms with Crippen LogP contribution >= 0.6 is 0 Å². The van der Waals surface area contributed by atoms with E-state index in [0.717, 1.165) is 18.2 Å². The van der Waals surface area contributed by atoms with E-state index in [0.29, 0.717) is 0 Å². The summed E-state index contributed by atoms with van der Waals surface area (Å²) < 4.78 is 55.4. The second kappa shape index (κ2) is 7.23. The molecule has 26 heavy (non-hydrogen) atoms. The number of hydrogen-bond acceptors (Lipinski definition) is 4. The minimum atomic E-state index is -3.81. The van der Waals surface area contributed by atoms with Crippen molar-refractivity contribution in [3.63, 3.8) is 0 Å². The molecule has 0 fully saturated rings. The van der Waals surface area contributed by atoms with Gasteiger partial charge in [-0.15, -0.1) is 0 Å². The van der Waals surface area contributed by atoms with Gasteiger partial charge in [0.25, 0.3) is 5.91 Å². The van der Waals surface area contributed by atoms with Crippen molar-refractivity contribution >= 4 is 21.6 Å². The van der Waals surface area contributed by atoms with Crippen LogP contribution in [0.5, 0.6) is 0 Å². The highest BCUT2D eigenvalue weighted by molar-refractivity contribution is 7.89. The maximum absolute atomic E-state index is 14.1. The van der Waals surface area contributed by atoms with Crippen LogP contribution in [0.2, 0.25) is 0 Å². The summed E-state index contributed by atoms with van der Waals surface area (Å²) in [5, 5.41) is 11.0. The van der Waals surface area contributed by atoms with Gasteiger partial charge in [0.15, 0.2) is 5.82 Å². The van der Waals surface area contributed by atoms with Crippen molar-refractivity contribution < 1.29 is 22.0 Å². The molecule has 2 aromatic rings. The van der Waals surface area contributed by atoms with Gasteiger partial charge in [0.1, 0.15) is 28.0 Å². The Balaban J connectivity index is 2.34. The summed E-state index contributed by atoms with van der Waals surface area (Å²) >= 11 is 0. The molecule has 0 saturated heterocycles. The monoisotopic (exact) mass is 382 g/mol. The van der Waals surface area contributed by atoms with Crippen LogP contribution in [-0.2, 0) is 17.1 Å². The van der Waals surface area contributed by atoms with E-state index in [9.17, 15) is 22.0 Å². The Bertz CT molecular complexity index is 1010. The number of hydrogen-bond donors (Lipinski definition) is 2. The molecule has 0 saturated carbocycles. The highest BCUT2D eigenvalue weighted by Gasteiger charge is 2.22. The number of rotatable bonds is 5. The molecule has 138 valence electrons. The van der Waals surface area contributed by atoms with Gasteiger partial charge in [0.2, 0.25) is 10.0 Å². The first-order valence-electron chi connectivity index (χ1n) is 7.45. The second-order valence-corrected chi connectivity index (χ2v) is 7.51. The number of nitrogens with zero attached hydrogens (tertiary/aromatic N) is 2. The first-order valence-corrected chi connectivity index (χ1v) is 8.93. The zero-order valence-electron chi connectivity index (χ0n) is 14.2. The molecule has 1 heterocycles. The molecular weight excluding hydrogens is 366 g/mol. The highest BCUT2D eigenvalue weighted by atomic mass is 32.2. The molecular formula is C16H16F2N4O3S. The summed E-state index contributed by atoms with van der Waals surface area (Å²) in [5.74, 6) is -3.06. The lowest BCUT2D eigenvalue weighted by atomic mass is 10.2. The van der Waals surface area contributed by atoms with Gasteiger partial charge in [-0.25, -0.2) is 21.9 Å². The average Bonchev–Trinajstić information content (AvgIpc) is 2.92. The summed E-state index contributed by atoms with van der Waals surface area (Å²) in [6.07, 6.45) is 1.24. The Kier molecular flexibility index (Phi) is 5.44. The number of carbonyl (C=O) groups excluding carboxylic acids is 1. The quantitative estimate of drug-likeness (QED) is 0.826. The lowest BCUT2D eigenvalue weighted by Crippen LogP contribution is -2.29. The molecule has 1 aromatic carbocycles. The standard InChI is InChI=1S/C16H16F2N4O3S/c1-9(2)21-26(24,25)10-6-14(22(3)8-10)16(23)20-13-5-4-12(17)11(7-19)15(13)18/h4-6,8-9,21H,1-3H3,(H,20,23). The molecule has 0 spiro atoms. The number of aryl methyl sites for hydroxylation is 1. The molecule has 1 amide bonds. The van der Waals surface area contributed by atoms with Gasteiger partial charge in [-0.2, -0.15) is 5.26 Å². The van der Waals surface area contributed by atoms with Gasteiger partial charge in [0.05, 0.1) is 5.69 Å². The number of anilines is 1. The van der Waals surface area contributed by atoms with Crippen LogP contribution in [0.3, 0.4) is 0 Å². The number of amides is 1. The SMILES string of the molecule is CC(C)NS(=O)(=O)c1cc(C(=O)Nc2ccc(F)c(C#N)c2F)n(C)c1. The first-order chi connectivity index (χ1) is 12.1. The van der Waals surface area contributed by atoms with Crippen LogP contribution in [0.1, 0.15) is 29.9 Å². The molecule has 0 radical (unpaired) electrons. The third-order valence-corrected chi connectivity index (χ3v) is 4.99. The largest absolute Gasteiger partial charge is 0.345 e. The molecule has 0 aliphatic carbocycles. The number of nitriles is 1. The van der Waals surface area contributed by atoms with Crippen molar-refractivity contribution in [2.75, 3.05) is 5.32 Å². The van der Waals surface area contributed by atoms with E-state index in [1.807, 2.05) is 0 Å². The number of nitrogens with one attached hydrogen (secondary N) is 2. The Hall–Kier alpha value is -2.77. The fourth-order valence-corrected chi connectivity index (χ4v) is 3.54. The summed E-state index contributed by atoms with van der Waals surface area (Å²) in [4.78, 5) is 12.2. The summed E-state index contributed by atoms with van der Waals surface area (Å²) in [6.45, 7) is 3.30. The number of carbonyl (C=O) groups is 1. The van der Waals surface area contributed by atoms with E-state index in [2.05, 4.69) is 10.0 Å². The normalized spacial score (nSPS) is 11.4. The Morgan fingerprint density at radius 2 is 1.96 bits per heavy atom. The summed E-state index contributed by atoms with van der Waals surface area (Å²) in [5.41, 5.74) is -1.27. The number of halogens is 2. The van der Waals surface area contributed by atoms with Crippen molar-refractivity contribution in [1.82, 2.24) is 9.29 Å². The maximum Gasteiger partial charge on any atom is 0.272 e. The van der Waals surface area contributed by atoms with Crippen molar-refractivity contribution in [1.29, 1.82) is 5.26 Å².